The third-order valence-corrected chi connectivity index (χ3v) is 4.64. The zero-order valence-corrected chi connectivity index (χ0v) is 15.6. The summed E-state index contributed by atoms with van der Waals surface area (Å²) < 4.78 is 42.9. The fourth-order valence-corrected chi connectivity index (χ4v) is 3.53. The van der Waals surface area contributed by atoms with E-state index in [1.54, 1.807) is 20.8 Å². The van der Waals surface area contributed by atoms with Crippen LogP contribution >= 0.6 is 23.1 Å². The number of nitro groups is 2. The standard InChI is InChI=1S/C14H12ClF3N4O4S/c1-13(2,3)11-9(15)12(27-20-11)19-10-7(21(23)24)4-6(14(16,17)18)5-8(10)22(25)26/h4-5,19H,1-3H3. The lowest BCUT2D eigenvalue weighted by molar-refractivity contribution is -0.392. The number of nitro benzene ring substituents is 2. The maximum Gasteiger partial charge on any atom is 0.416 e. The predicted molar refractivity (Wildman–Crippen MR) is 93.9 cm³/mol. The summed E-state index contributed by atoms with van der Waals surface area (Å²) in [6.45, 7) is 5.42. The summed E-state index contributed by atoms with van der Waals surface area (Å²) in [4.78, 5) is 20.2. The molecule has 0 aliphatic carbocycles. The molecule has 2 aromatic rings. The number of rotatable bonds is 4. The largest absolute Gasteiger partial charge is 0.416 e. The first-order valence-corrected chi connectivity index (χ1v) is 8.35. The molecule has 8 nitrogen and oxygen atoms in total. The minimum absolute atomic E-state index is 0.0487. The number of hydrogen-bond acceptors (Lipinski definition) is 7. The lowest BCUT2D eigenvalue weighted by Gasteiger charge is -2.15. The van der Waals surface area contributed by atoms with Crippen LogP contribution < -0.4 is 5.32 Å². The number of alkyl halides is 3. The van der Waals surface area contributed by atoms with Crippen molar-refractivity contribution in [1.29, 1.82) is 0 Å². The van der Waals surface area contributed by atoms with Crippen LogP contribution in [-0.4, -0.2) is 14.2 Å². The van der Waals surface area contributed by atoms with Gasteiger partial charge in [-0.25, -0.2) is 0 Å². The van der Waals surface area contributed by atoms with Crippen LogP contribution in [0.4, 0.5) is 35.2 Å². The highest BCUT2D eigenvalue weighted by atomic mass is 35.5. The van der Waals surface area contributed by atoms with Gasteiger partial charge in [-0.05, 0) is 11.5 Å². The van der Waals surface area contributed by atoms with Crippen molar-refractivity contribution in [3.05, 3.63) is 48.6 Å². The lowest BCUT2D eigenvalue weighted by Crippen LogP contribution is -2.12. The van der Waals surface area contributed by atoms with E-state index in [9.17, 15) is 33.4 Å². The minimum Gasteiger partial charge on any atom is -0.333 e. The highest BCUT2D eigenvalue weighted by molar-refractivity contribution is 7.11. The molecule has 0 radical (unpaired) electrons. The molecule has 0 fully saturated rings. The first-order chi connectivity index (χ1) is 12.2. The first-order valence-electron chi connectivity index (χ1n) is 7.20. The van der Waals surface area contributed by atoms with Crippen molar-refractivity contribution in [2.75, 3.05) is 5.32 Å². The number of nitrogens with zero attached hydrogens (tertiary/aromatic N) is 3. The van der Waals surface area contributed by atoms with Gasteiger partial charge in [-0.3, -0.25) is 20.2 Å². The maximum atomic E-state index is 12.9. The molecule has 1 heterocycles. The van der Waals surface area contributed by atoms with Crippen molar-refractivity contribution in [2.24, 2.45) is 0 Å². The van der Waals surface area contributed by atoms with E-state index in [4.69, 9.17) is 11.6 Å². The van der Waals surface area contributed by atoms with Gasteiger partial charge >= 0.3 is 6.18 Å². The van der Waals surface area contributed by atoms with Crippen LogP contribution in [-0.2, 0) is 11.6 Å². The van der Waals surface area contributed by atoms with Gasteiger partial charge in [-0.2, -0.15) is 17.5 Å². The van der Waals surface area contributed by atoms with Crippen LogP contribution in [0.2, 0.25) is 5.02 Å². The monoisotopic (exact) mass is 424 g/mol. The normalized spacial score (nSPS) is 12.1. The highest BCUT2D eigenvalue weighted by Crippen LogP contribution is 2.45. The van der Waals surface area contributed by atoms with E-state index in [0.717, 1.165) is 11.5 Å². The van der Waals surface area contributed by atoms with Gasteiger partial charge in [-0.15, -0.1) is 0 Å². The van der Waals surface area contributed by atoms with Gasteiger partial charge in [0.05, 0.1) is 26.1 Å². The van der Waals surface area contributed by atoms with Crippen molar-refractivity contribution in [1.82, 2.24) is 4.37 Å². The highest BCUT2D eigenvalue weighted by Gasteiger charge is 2.38. The molecule has 0 amide bonds. The van der Waals surface area contributed by atoms with Gasteiger partial charge in [0.15, 0.2) is 5.69 Å². The molecular weight excluding hydrogens is 413 g/mol. The zero-order valence-electron chi connectivity index (χ0n) is 14.0. The number of hydrogen-bond donors (Lipinski definition) is 1. The summed E-state index contributed by atoms with van der Waals surface area (Å²) in [5.74, 6) is 0. The molecule has 13 heteroatoms. The number of aromatic nitrogens is 1. The zero-order chi connectivity index (χ0) is 20.7. The molecule has 1 aromatic carbocycles. The van der Waals surface area contributed by atoms with Crippen LogP contribution in [0, 0.1) is 20.2 Å². The van der Waals surface area contributed by atoms with Crippen molar-refractivity contribution in [3.8, 4) is 0 Å². The number of anilines is 2. The molecule has 27 heavy (non-hydrogen) atoms. The molecule has 1 N–H and O–H groups in total. The molecule has 0 spiro atoms. The predicted octanol–water partition coefficient (Wildman–Crippen LogP) is 5.67. The fourth-order valence-electron chi connectivity index (χ4n) is 2.13. The maximum absolute atomic E-state index is 12.9. The molecule has 0 aliphatic rings. The molecule has 1 aromatic heterocycles. The Balaban J connectivity index is 2.68. The summed E-state index contributed by atoms with van der Waals surface area (Å²) in [6.07, 6.45) is -4.99. The van der Waals surface area contributed by atoms with E-state index in [1.165, 1.54) is 0 Å². The second kappa shape index (κ2) is 6.93. The van der Waals surface area contributed by atoms with Crippen LogP contribution in [0.1, 0.15) is 32.0 Å². The summed E-state index contributed by atoms with van der Waals surface area (Å²) in [6, 6.07) is 0.462. The van der Waals surface area contributed by atoms with Gasteiger partial charge in [0.2, 0.25) is 0 Å². The SMILES string of the molecule is CC(C)(C)c1nsc(Nc2c([N+](=O)[O-])cc(C(F)(F)F)cc2[N+](=O)[O-])c1Cl. The van der Waals surface area contributed by atoms with E-state index in [1.807, 2.05) is 0 Å². The molecule has 0 saturated heterocycles. The molecule has 146 valence electrons. The smallest absolute Gasteiger partial charge is 0.333 e. The van der Waals surface area contributed by atoms with E-state index < -0.39 is 44.1 Å². The second-order valence-corrected chi connectivity index (χ2v) is 7.60. The van der Waals surface area contributed by atoms with Crippen LogP contribution in [0.15, 0.2) is 12.1 Å². The number of benzene rings is 1. The van der Waals surface area contributed by atoms with Gasteiger partial charge in [-0.1, -0.05) is 32.4 Å². The number of nitrogens with one attached hydrogen (secondary N) is 1. The van der Waals surface area contributed by atoms with Crippen LogP contribution in [0.5, 0.6) is 0 Å². The van der Waals surface area contributed by atoms with E-state index in [-0.39, 0.29) is 22.2 Å². The van der Waals surface area contributed by atoms with Gasteiger partial charge in [0.1, 0.15) is 5.00 Å². The first kappa shape index (κ1) is 20.8. The van der Waals surface area contributed by atoms with Gasteiger partial charge in [0, 0.05) is 17.5 Å². The summed E-state index contributed by atoms with van der Waals surface area (Å²) in [5, 5.41) is 25.0. The van der Waals surface area contributed by atoms with Crippen molar-refractivity contribution in [3.63, 3.8) is 0 Å². The average molecular weight is 425 g/mol. The van der Waals surface area contributed by atoms with Crippen LogP contribution in [0.25, 0.3) is 0 Å². The lowest BCUT2D eigenvalue weighted by atomic mass is 9.92. The van der Waals surface area contributed by atoms with Crippen molar-refractivity contribution >= 4 is 45.2 Å². The summed E-state index contributed by atoms with van der Waals surface area (Å²) in [5.41, 5.74) is -4.45. The van der Waals surface area contributed by atoms with E-state index in [2.05, 4.69) is 9.69 Å². The van der Waals surface area contributed by atoms with Crippen molar-refractivity contribution in [2.45, 2.75) is 32.4 Å². The Morgan fingerprint density at radius 3 is 1.93 bits per heavy atom. The van der Waals surface area contributed by atoms with Gasteiger partial charge < -0.3 is 5.32 Å². The second-order valence-electron chi connectivity index (χ2n) is 6.45. The Labute approximate surface area is 159 Å². The van der Waals surface area contributed by atoms with E-state index >= 15 is 0 Å². The Hall–Kier alpha value is -2.47. The Morgan fingerprint density at radius 1 is 1.11 bits per heavy atom. The quantitative estimate of drug-likeness (QED) is 0.499. The summed E-state index contributed by atoms with van der Waals surface area (Å²) in [7, 11) is 0. The van der Waals surface area contributed by atoms with Crippen molar-refractivity contribution < 1.29 is 23.0 Å². The van der Waals surface area contributed by atoms with Gasteiger partial charge in [0.25, 0.3) is 11.4 Å². The molecule has 0 bridgehead atoms. The van der Waals surface area contributed by atoms with Crippen LogP contribution in [0.3, 0.4) is 0 Å². The molecular formula is C14H12ClF3N4O4S. The molecule has 0 unspecified atom stereocenters. The minimum atomic E-state index is -4.99. The summed E-state index contributed by atoms with van der Waals surface area (Å²) >= 11 is 6.98. The Kier molecular flexibility index (Phi) is 5.34. The fraction of sp³-hybridized carbons (Fsp3) is 0.357. The average Bonchev–Trinajstić information content (AvgIpc) is 2.86. The molecule has 0 saturated carbocycles. The Morgan fingerprint density at radius 2 is 1.59 bits per heavy atom. The third-order valence-electron chi connectivity index (χ3n) is 3.40. The topological polar surface area (TPSA) is 111 Å². The third kappa shape index (κ3) is 4.27. The molecule has 0 atom stereocenters. The Bertz CT molecular complexity index is 889. The molecule has 2 rings (SSSR count). The molecule has 0 aliphatic heterocycles. The number of halogens is 4. The van der Waals surface area contributed by atoms with E-state index in [0.29, 0.717) is 5.69 Å².